The molecule has 0 aromatic carbocycles. The Hall–Kier alpha value is -1.13. The summed E-state index contributed by atoms with van der Waals surface area (Å²) in [5.41, 5.74) is 0. The molecule has 0 bridgehead atoms. The molecule has 0 atom stereocenters. The van der Waals surface area contributed by atoms with Gasteiger partial charge in [-0.05, 0) is 0 Å². The first-order valence-corrected chi connectivity index (χ1v) is 16.2. The average Bonchev–Trinajstić information content (AvgIpc) is 2.80. The van der Waals surface area contributed by atoms with Crippen molar-refractivity contribution in [1.29, 1.82) is 0 Å². The minimum absolute atomic E-state index is 0.595. The Labute approximate surface area is 239 Å². The second kappa shape index (κ2) is 12.0. The van der Waals surface area contributed by atoms with E-state index in [4.69, 9.17) is 0 Å². The molecule has 29 heteroatoms. The summed E-state index contributed by atoms with van der Waals surface area (Å²) in [4.78, 5) is 0. The van der Waals surface area contributed by atoms with Crippen LogP contribution in [0.2, 0.25) is 0 Å². The Kier molecular flexibility index (Phi) is 11.7. The first-order chi connectivity index (χ1) is 19.6. The summed E-state index contributed by atoms with van der Waals surface area (Å²) < 4.78 is 343. The van der Waals surface area contributed by atoms with Crippen molar-refractivity contribution in [1.82, 2.24) is 0 Å². The molecule has 0 aromatic rings. The summed E-state index contributed by atoms with van der Waals surface area (Å²) in [7, 11) is 0. The molecule has 0 unspecified atom stereocenters. The average molecular weight is 863 g/mol. The molecule has 0 saturated heterocycles. The van der Waals surface area contributed by atoms with E-state index in [1.165, 1.54) is 0 Å². The van der Waals surface area contributed by atoms with E-state index in [0.29, 0.717) is 0 Å². The van der Waals surface area contributed by atoms with Crippen LogP contribution < -0.4 is 0 Å². The summed E-state index contributed by atoms with van der Waals surface area (Å²) in [5, 5.41) is 0. The van der Waals surface area contributed by atoms with Gasteiger partial charge in [0.1, 0.15) is 0 Å². The van der Waals surface area contributed by atoms with Gasteiger partial charge >= 0.3 is 239 Å². The van der Waals surface area contributed by atoms with E-state index in [0.717, 1.165) is 6.92 Å². The van der Waals surface area contributed by atoms with Gasteiger partial charge in [0.15, 0.2) is 0 Å². The first kappa shape index (κ1) is 44.9. The van der Waals surface area contributed by atoms with Gasteiger partial charge in [0.25, 0.3) is 0 Å². The van der Waals surface area contributed by atoms with Gasteiger partial charge in [0, 0.05) is 0 Å². The van der Waals surface area contributed by atoms with E-state index < -0.39 is 111 Å². The second-order valence-electron chi connectivity index (χ2n) is 8.90. The van der Waals surface area contributed by atoms with Crippen molar-refractivity contribution in [2.75, 3.05) is 6.61 Å². The summed E-state index contributed by atoms with van der Waals surface area (Å²) in [6, 6.07) is 0. The normalized spacial score (nSPS) is 16.7. The molecule has 0 saturated carbocycles. The molecule has 0 aliphatic rings. The molecular formula is C17H11F27OSn. The second-order valence-corrected chi connectivity index (χ2v) is 19.0. The van der Waals surface area contributed by atoms with Crippen molar-refractivity contribution in [3.05, 3.63) is 0 Å². The van der Waals surface area contributed by atoms with Gasteiger partial charge in [0.2, 0.25) is 0 Å². The number of hydrogen-bond donors (Lipinski definition) is 0. The minimum atomic E-state index is -13.5. The van der Waals surface area contributed by atoms with E-state index in [2.05, 4.69) is 3.07 Å². The fourth-order valence-electron chi connectivity index (χ4n) is 3.23. The summed E-state index contributed by atoms with van der Waals surface area (Å²) in [6.07, 6.45) is -28.8. The maximum atomic E-state index is 15.0. The standard InChI is InChI=1S/C5H11O.3C4F9.Sn/c1-2-3-4-5-6;3*5-1(6)2(7,8)3(9,10)4(11,12)13;/h2-5H2,1H3;;;;/q-1;;;;+1. The van der Waals surface area contributed by atoms with E-state index in [1.54, 1.807) is 0 Å². The van der Waals surface area contributed by atoms with Gasteiger partial charge < -0.3 is 0 Å². The van der Waals surface area contributed by atoms with Crippen molar-refractivity contribution < 1.29 is 122 Å². The van der Waals surface area contributed by atoms with Gasteiger partial charge in [-0.2, -0.15) is 0 Å². The Morgan fingerprint density at radius 1 is 0.348 bits per heavy atom. The van der Waals surface area contributed by atoms with Crippen LogP contribution in [0.25, 0.3) is 0 Å². The van der Waals surface area contributed by atoms with E-state index in [9.17, 15) is 92.2 Å². The molecule has 0 spiro atoms. The van der Waals surface area contributed by atoms with Crippen LogP contribution in [-0.2, 0) is 3.07 Å². The van der Waals surface area contributed by atoms with Crippen molar-refractivity contribution >= 4 is 18.8 Å². The third-order valence-corrected chi connectivity index (χ3v) is 17.9. The molecule has 0 aromatic heterocycles. The zero-order chi connectivity index (χ0) is 38.0. The molecule has 0 amide bonds. The summed E-state index contributed by atoms with van der Waals surface area (Å²) in [5.74, 6) is -55.5. The molecule has 0 aliphatic carbocycles. The predicted octanol–water partition coefficient (Wildman–Crippen LogP) is 10.2. The Balaban J connectivity index is 9.04. The van der Waals surface area contributed by atoms with Crippen LogP contribution in [0.3, 0.4) is 0 Å². The van der Waals surface area contributed by atoms with Crippen LogP contribution >= 0.6 is 0 Å². The van der Waals surface area contributed by atoms with Crippen LogP contribution in [-0.4, -0.2) is 91.3 Å². The third-order valence-electron chi connectivity index (χ3n) is 5.83. The van der Waals surface area contributed by atoms with Crippen LogP contribution in [0, 0.1) is 0 Å². The predicted molar refractivity (Wildman–Crippen MR) is 93.9 cm³/mol. The van der Waals surface area contributed by atoms with Crippen molar-refractivity contribution in [2.45, 2.75) is 92.1 Å². The van der Waals surface area contributed by atoms with Crippen molar-refractivity contribution in [2.24, 2.45) is 0 Å². The number of halogens is 27. The van der Waals surface area contributed by atoms with Gasteiger partial charge in [0.05, 0.1) is 0 Å². The van der Waals surface area contributed by atoms with Crippen molar-refractivity contribution in [3.8, 4) is 0 Å². The molecular weight excluding hydrogens is 852 g/mol. The fourth-order valence-corrected chi connectivity index (χ4v) is 14.6. The molecule has 0 radical (unpaired) electrons. The Bertz CT molecular complexity index is 926. The Morgan fingerprint density at radius 2 is 0.565 bits per heavy atom. The summed E-state index contributed by atoms with van der Waals surface area (Å²) in [6.45, 7) is -2.29. The zero-order valence-corrected chi connectivity index (χ0v) is 23.8. The van der Waals surface area contributed by atoms with Crippen molar-refractivity contribution in [3.63, 3.8) is 0 Å². The van der Waals surface area contributed by atoms with Crippen LogP contribution in [0.1, 0.15) is 26.2 Å². The monoisotopic (exact) mass is 864 g/mol. The number of rotatable bonds is 14. The molecule has 0 N–H and O–H groups in total. The molecule has 0 fully saturated rings. The third kappa shape index (κ3) is 5.80. The SMILES string of the molecule is CCCCC[O][Sn]([C](F)(F)C(F)(F)C(F)(F)C(F)(F)F)([C](F)(F)C(F)(F)C(F)(F)C(F)(F)F)[C](F)(F)C(F)(F)C(F)(F)C(F)(F)F. The molecule has 278 valence electrons. The Morgan fingerprint density at radius 3 is 0.739 bits per heavy atom. The van der Waals surface area contributed by atoms with Crippen LogP contribution in [0.4, 0.5) is 119 Å². The molecule has 46 heavy (non-hydrogen) atoms. The van der Waals surface area contributed by atoms with Gasteiger partial charge in [-0.15, -0.1) is 0 Å². The topological polar surface area (TPSA) is 9.23 Å². The number of unbranched alkanes of at least 4 members (excludes halogenated alkanes) is 2. The molecule has 0 heterocycles. The maximum absolute atomic E-state index is 15.0. The first-order valence-electron chi connectivity index (χ1n) is 10.8. The van der Waals surface area contributed by atoms with Gasteiger partial charge in [-0.3, -0.25) is 0 Å². The molecule has 1 nitrogen and oxygen atoms in total. The fraction of sp³-hybridized carbons (Fsp3) is 1.00. The zero-order valence-electron chi connectivity index (χ0n) is 20.9. The number of hydrogen-bond acceptors (Lipinski definition) is 1. The van der Waals surface area contributed by atoms with Gasteiger partial charge in [-0.25, -0.2) is 0 Å². The van der Waals surface area contributed by atoms with E-state index in [-0.39, 0.29) is 0 Å². The summed E-state index contributed by atoms with van der Waals surface area (Å²) >= 11 is -13.5. The molecule has 0 aliphatic heterocycles. The van der Waals surface area contributed by atoms with E-state index in [1.807, 2.05) is 0 Å². The quantitative estimate of drug-likeness (QED) is 0.0961. The van der Waals surface area contributed by atoms with Crippen LogP contribution in [0.5, 0.6) is 0 Å². The number of alkyl halides is 27. The molecule has 0 rings (SSSR count). The van der Waals surface area contributed by atoms with Crippen LogP contribution in [0.15, 0.2) is 0 Å². The van der Waals surface area contributed by atoms with Gasteiger partial charge in [-0.1, -0.05) is 0 Å². The van der Waals surface area contributed by atoms with E-state index >= 15 is 26.3 Å².